The van der Waals surface area contributed by atoms with Gasteiger partial charge >= 0.3 is 5.97 Å². The summed E-state index contributed by atoms with van der Waals surface area (Å²) in [4.78, 5) is 28.7. The molecular weight excluding hydrogens is 290 g/mol. The second-order valence-electron chi connectivity index (χ2n) is 5.17. The van der Waals surface area contributed by atoms with E-state index in [1.165, 1.54) is 0 Å². The number of hydrogen-bond donors (Lipinski definition) is 0. The minimum absolute atomic E-state index is 0.191. The summed E-state index contributed by atoms with van der Waals surface area (Å²) in [7, 11) is 0. The van der Waals surface area contributed by atoms with Crippen molar-refractivity contribution >= 4 is 22.7 Å². The lowest BCUT2D eigenvalue weighted by molar-refractivity contribution is 0.0313. The number of aromatic nitrogens is 1. The monoisotopic (exact) mass is 305 g/mol. The second-order valence-corrected chi connectivity index (χ2v) is 5.17. The highest BCUT2D eigenvalue weighted by Gasteiger charge is 2.21. The van der Waals surface area contributed by atoms with Crippen molar-refractivity contribution in [3.05, 3.63) is 78.0 Å². The van der Waals surface area contributed by atoms with Crippen LogP contribution in [0.1, 0.15) is 27.8 Å². The molecule has 0 aliphatic carbocycles. The van der Waals surface area contributed by atoms with Crippen molar-refractivity contribution in [1.29, 1.82) is 0 Å². The lowest BCUT2D eigenvalue weighted by atomic mass is 10.1. The fourth-order valence-corrected chi connectivity index (χ4v) is 2.29. The molecule has 0 unspecified atom stereocenters. The Hall–Kier alpha value is -3.01. The summed E-state index contributed by atoms with van der Waals surface area (Å²) in [6.07, 6.45) is -0.863. The van der Waals surface area contributed by atoms with Crippen molar-refractivity contribution in [2.45, 2.75) is 13.0 Å². The van der Waals surface area contributed by atoms with Crippen molar-refractivity contribution in [3.8, 4) is 0 Å². The summed E-state index contributed by atoms with van der Waals surface area (Å²) in [6.45, 7) is 1.56. The van der Waals surface area contributed by atoms with Crippen molar-refractivity contribution in [2.75, 3.05) is 0 Å². The third-order valence-corrected chi connectivity index (χ3v) is 3.52. The first-order chi connectivity index (χ1) is 11.1. The third-order valence-electron chi connectivity index (χ3n) is 3.52. The molecule has 114 valence electrons. The van der Waals surface area contributed by atoms with Crippen LogP contribution in [0.4, 0.5) is 0 Å². The molecule has 0 N–H and O–H groups in total. The van der Waals surface area contributed by atoms with Crippen LogP contribution in [0.2, 0.25) is 0 Å². The maximum atomic E-state index is 12.2. The molecule has 1 heterocycles. The molecule has 0 amide bonds. The number of hydrogen-bond acceptors (Lipinski definition) is 4. The van der Waals surface area contributed by atoms with Crippen LogP contribution in [0.3, 0.4) is 0 Å². The van der Waals surface area contributed by atoms with Gasteiger partial charge < -0.3 is 4.74 Å². The molecule has 23 heavy (non-hydrogen) atoms. The molecule has 0 saturated carbocycles. The molecule has 0 saturated heterocycles. The van der Waals surface area contributed by atoms with E-state index in [1.807, 2.05) is 36.4 Å². The van der Waals surface area contributed by atoms with Gasteiger partial charge in [0.15, 0.2) is 6.10 Å². The minimum Gasteiger partial charge on any atom is -0.450 e. The zero-order valence-corrected chi connectivity index (χ0v) is 12.6. The molecule has 2 aromatic carbocycles. The number of ketones is 1. The van der Waals surface area contributed by atoms with Gasteiger partial charge in [-0.3, -0.25) is 4.79 Å². The maximum absolute atomic E-state index is 12.2. The van der Waals surface area contributed by atoms with Crippen LogP contribution < -0.4 is 0 Å². The highest BCUT2D eigenvalue weighted by atomic mass is 16.5. The Morgan fingerprint density at radius 3 is 2.39 bits per heavy atom. The molecule has 0 bridgehead atoms. The molecule has 0 fully saturated rings. The number of carbonyl (C=O) groups is 2. The summed E-state index contributed by atoms with van der Waals surface area (Å²) < 4.78 is 5.25. The molecule has 3 aromatic rings. The van der Waals surface area contributed by atoms with Crippen LogP contribution in [0, 0.1) is 0 Å². The van der Waals surface area contributed by atoms with Gasteiger partial charge in [-0.2, -0.15) is 0 Å². The summed E-state index contributed by atoms with van der Waals surface area (Å²) in [5, 5.41) is 0.942. The summed E-state index contributed by atoms with van der Waals surface area (Å²) in [6, 6.07) is 19.7. The molecule has 1 aromatic heterocycles. The highest BCUT2D eigenvalue weighted by Crippen LogP contribution is 2.14. The number of esters is 1. The van der Waals surface area contributed by atoms with E-state index in [-0.39, 0.29) is 11.5 Å². The topological polar surface area (TPSA) is 56.3 Å². The first-order valence-corrected chi connectivity index (χ1v) is 7.31. The van der Waals surface area contributed by atoms with Crippen molar-refractivity contribution in [1.82, 2.24) is 4.98 Å². The van der Waals surface area contributed by atoms with Gasteiger partial charge in [0.25, 0.3) is 0 Å². The van der Waals surface area contributed by atoms with Gasteiger partial charge in [-0.25, -0.2) is 9.78 Å². The van der Waals surface area contributed by atoms with E-state index < -0.39 is 12.1 Å². The van der Waals surface area contributed by atoms with E-state index in [9.17, 15) is 9.59 Å². The largest absolute Gasteiger partial charge is 0.450 e. The van der Waals surface area contributed by atoms with Gasteiger partial charge in [-0.15, -0.1) is 0 Å². The number of Topliss-reactive ketones (excluding diaryl/α,β-unsaturated/α-hetero) is 1. The van der Waals surface area contributed by atoms with Gasteiger partial charge in [0.1, 0.15) is 5.69 Å². The van der Waals surface area contributed by atoms with Gasteiger partial charge in [0.2, 0.25) is 5.78 Å². The molecule has 0 aliphatic rings. The number of fused-ring (bicyclic) bond motifs is 1. The van der Waals surface area contributed by atoms with Crippen molar-refractivity contribution in [2.24, 2.45) is 0 Å². The van der Waals surface area contributed by atoms with Crippen LogP contribution in [0.15, 0.2) is 66.7 Å². The van der Waals surface area contributed by atoms with E-state index in [1.54, 1.807) is 37.3 Å². The Morgan fingerprint density at radius 2 is 1.61 bits per heavy atom. The zero-order valence-electron chi connectivity index (χ0n) is 12.6. The zero-order chi connectivity index (χ0) is 16.2. The molecule has 4 heteroatoms. The maximum Gasteiger partial charge on any atom is 0.357 e. The number of para-hydroxylation sites is 1. The van der Waals surface area contributed by atoms with E-state index >= 15 is 0 Å². The number of nitrogens with zero attached hydrogens (tertiary/aromatic N) is 1. The summed E-state index contributed by atoms with van der Waals surface area (Å²) >= 11 is 0. The summed E-state index contributed by atoms with van der Waals surface area (Å²) in [5.41, 5.74) is 1.42. The fourth-order valence-electron chi connectivity index (χ4n) is 2.29. The normalized spacial score (nSPS) is 11.9. The number of rotatable bonds is 4. The predicted molar refractivity (Wildman–Crippen MR) is 87.4 cm³/mol. The molecule has 0 radical (unpaired) electrons. The van der Waals surface area contributed by atoms with Gasteiger partial charge in [0, 0.05) is 10.9 Å². The van der Waals surface area contributed by atoms with E-state index in [0.717, 1.165) is 5.39 Å². The Balaban J connectivity index is 1.76. The molecule has 1 atom stereocenters. The molecule has 0 aliphatic heterocycles. The quantitative estimate of drug-likeness (QED) is 0.545. The van der Waals surface area contributed by atoms with E-state index in [4.69, 9.17) is 4.74 Å². The average Bonchev–Trinajstić information content (AvgIpc) is 2.61. The fraction of sp³-hybridized carbons (Fsp3) is 0.105. The second kappa shape index (κ2) is 6.40. The Labute approximate surface area is 133 Å². The van der Waals surface area contributed by atoms with Crippen molar-refractivity contribution < 1.29 is 14.3 Å². The van der Waals surface area contributed by atoms with Gasteiger partial charge in [-0.05, 0) is 19.1 Å². The first kappa shape index (κ1) is 14.9. The van der Waals surface area contributed by atoms with Crippen LogP contribution >= 0.6 is 0 Å². The standard InChI is InChI=1S/C19H15NO3/c1-13(18(21)15-8-3-2-4-9-15)23-19(22)17-12-11-14-7-5-6-10-16(14)20-17/h2-13H,1H3/t13-/m1/s1. The lowest BCUT2D eigenvalue weighted by Crippen LogP contribution is -2.24. The molecular formula is C19H15NO3. The van der Waals surface area contributed by atoms with Crippen LogP contribution in [-0.4, -0.2) is 22.8 Å². The minimum atomic E-state index is -0.863. The Morgan fingerprint density at radius 1 is 0.913 bits per heavy atom. The number of carbonyl (C=O) groups excluding carboxylic acids is 2. The number of benzene rings is 2. The molecule has 0 spiro atoms. The Kier molecular flexibility index (Phi) is 4.15. The van der Waals surface area contributed by atoms with Crippen molar-refractivity contribution in [3.63, 3.8) is 0 Å². The SMILES string of the molecule is C[C@@H](OC(=O)c1ccc2ccccc2n1)C(=O)c1ccccc1. The predicted octanol–water partition coefficient (Wildman–Crippen LogP) is 3.66. The molecule has 4 nitrogen and oxygen atoms in total. The van der Waals surface area contributed by atoms with Crippen LogP contribution in [-0.2, 0) is 4.74 Å². The smallest absolute Gasteiger partial charge is 0.357 e. The van der Waals surface area contributed by atoms with Gasteiger partial charge in [-0.1, -0.05) is 54.6 Å². The van der Waals surface area contributed by atoms with Gasteiger partial charge in [0.05, 0.1) is 5.52 Å². The lowest BCUT2D eigenvalue weighted by Gasteiger charge is -2.12. The number of ether oxygens (including phenoxy) is 1. The van der Waals surface area contributed by atoms with E-state index in [2.05, 4.69) is 4.98 Å². The first-order valence-electron chi connectivity index (χ1n) is 7.31. The Bertz CT molecular complexity index is 859. The number of pyridine rings is 1. The third kappa shape index (κ3) is 3.26. The van der Waals surface area contributed by atoms with E-state index in [0.29, 0.717) is 11.1 Å². The average molecular weight is 305 g/mol. The van der Waals surface area contributed by atoms with Crippen LogP contribution in [0.5, 0.6) is 0 Å². The van der Waals surface area contributed by atoms with Crippen LogP contribution in [0.25, 0.3) is 10.9 Å². The summed E-state index contributed by atoms with van der Waals surface area (Å²) in [5.74, 6) is -0.840. The highest BCUT2D eigenvalue weighted by molar-refractivity contribution is 6.01. The molecule has 3 rings (SSSR count).